The molecule has 5 nitrogen and oxygen atoms in total. The number of nitrogens with zero attached hydrogens (tertiary/aromatic N) is 4. The number of hydrogen-bond acceptors (Lipinski definition) is 4. The minimum Gasteiger partial charge on any atom is -0.380 e. The number of allylic oxidation sites excluding steroid dienone is 1. The van der Waals surface area contributed by atoms with Gasteiger partial charge in [0.2, 0.25) is 0 Å². The van der Waals surface area contributed by atoms with Crippen molar-refractivity contribution < 1.29 is 0 Å². The van der Waals surface area contributed by atoms with E-state index in [1.165, 1.54) is 12.8 Å². The maximum absolute atomic E-state index is 3.97. The average molecular weight is 253 g/mol. The fourth-order valence-corrected chi connectivity index (χ4v) is 3.15. The van der Waals surface area contributed by atoms with Gasteiger partial charge in [0.15, 0.2) is 0 Å². The minimum absolute atomic E-state index is 0.543. The van der Waals surface area contributed by atoms with Crippen LogP contribution in [0.15, 0.2) is 42.7 Å². The van der Waals surface area contributed by atoms with E-state index < -0.39 is 0 Å². The van der Waals surface area contributed by atoms with Gasteiger partial charge in [0.25, 0.3) is 0 Å². The number of benzene rings is 1. The molecular formula is C14H15N5. The molecule has 1 aromatic carbocycles. The first-order chi connectivity index (χ1) is 9.42. The van der Waals surface area contributed by atoms with E-state index in [-0.39, 0.29) is 0 Å². The van der Waals surface area contributed by atoms with E-state index >= 15 is 0 Å². The Morgan fingerprint density at radius 3 is 3.05 bits per heavy atom. The predicted molar refractivity (Wildman–Crippen MR) is 71.9 cm³/mol. The Hall–Kier alpha value is -2.17. The van der Waals surface area contributed by atoms with Crippen LogP contribution in [-0.4, -0.2) is 26.2 Å². The van der Waals surface area contributed by atoms with E-state index in [1.807, 2.05) is 18.2 Å². The van der Waals surface area contributed by atoms with E-state index in [1.54, 1.807) is 11.0 Å². The summed E-state index contributed by atoms with van der Waals surface area (Å²) in [6.07, 6.45) is 8.79. The van der Waals surface area contributed by atoms with Gasteiger partial charge in [-0.25, -0.2) is 0 Å². The number of anilines is 1. The highest BCUT2D eigenvalue weighted by Gasteiger charge is 2.41. The molecule has 1 aromatic heterocycles. The zero-order chi connectivity index (χ0) is 12.7. The zero-order valence-corrected chi connectivity index (χ0v) is 10.5. The highest BCUT2D eigenvalue weighted by Crippen LogP contribution is 2.44. The molecule has 3 unspecified atom stereocenters. The lowest BCUT2D eigenvalue weighted by Crippen LogP contribution is -2.43. The lowest BCUT2D eigenvalue weighted by molar-refractivity contribution is 0.218. The maximum atomic E-state index is 3.97. The number of para-hydroxylation sites is 2. The van der Waals surface area contributed by atoms with E-state index in [0.29, 0.717) is 12.0 Å². The van der Waals surface area contributed by atoms with Crippen LogP contribution in [0.4, 0.5) is 5.69 Å². The molecule has 3 atom stereocenters. The number of aromatic nitrogens is 4. The molecule has 1 fully saturated rings. The Morgan fingerprint density at radius 1 is 1.26 bits per heavy atom. The van der Waals surface area contributed by atoms with Crippen LogP contribution < -0.4 is 5.32 Å². The Labute approximate surface area is 111 Å². The third-order valence-corrected chi connectivity index (χ3v) is 4.20. The first-order valence-electron chi connectivity index (χ1n) is 6.67. The van der Waals surface area contributed by atoms with Crippen molar-refractivity contribution in [3.05, 3.63) is 42.7 Å². The summed E-state index contributed by atoms with van der Waals surface area (Å²) in [6.45, 7) is 0. The lowest BCUT2D eigenvalue weighted by atomic mass is 9.71. The summed E-state index contributed by atoms with van der Waals surface area (Å²) in [5, 5.41) is 15.0. The lowest BCUT2D eigenvalue weighted by Gasteiger charge is -2.41. The molecule has 1 N–H and O–H groups in total. The molecule has 2 aliphatic rings. The van der Waals surface area contributed by atoms with Crippen molar-refractivity contribution in [2.75, 3.05) is 5.32 Å². The van der Waals surface area contributed by atoms with Crippen LogP contribution in [0.25, 0.3) is 5.69 Å². The Kier molecular flexibility index (Phi) is 2.36. The Bertz CT molecular complexity index is 604. The first-order valence-corrected chi connectivity index (χ1v) is 6.67. The number of tetrazole rings is 1. The number of rotatable bonds is 3. The van der Waals surface area contributed by atoms with Crippen LogP contribution in [0, 0.1) is 11.8 Å². The molecule has 0 aliphatic heterocycles. The van der Waals surface area contributed by atoms with Gasteiger partial charge in [-0.3, -0.25) is 0 Å². The molecule has 2 aliphatic carbocycles. The van der Waals surface area contributed by atoms with E-state index in [0.717, 1.165) is 17.3 Å². The van der Waals surface area contributed by atoms with Gasteiger partial charge in [-0.05, 0) is 41.3 Å². The molecule has 96 valence electrons. The van der Waals surface area contributed by atoms with Crippen molar-refractivity contribution in [2.45, 2.75) is 18.9 Å². The highest BCUT2D eigenvalue weighted by molar-refractivity contribution is 5.61. The summed E-state index contributed by atoms with van der Waals surface area (Å²) < 4.78 is 1.70. The SMILES string of the molecule is C1=CC2C(C1)CC2Nc1ccccc1-n1cnnn1. The van der Waals surface area contributed by atoms with Crippen molar-refractivity contribution in [2.24, 2.45) is 11.8 Å². The maximum Gasteiger partial charge on any atom is 0.143 e. The summed E-state index contributed by atoms with van der Waals surface area (Å²) >= 11 is 0. The molecule has 0 bridgehead atoms. The second-order valence-electron chi connectivity index (χ2n) is 5.26. The van der Waals surface area contributed by atoms with Crippen molar-refractivity contribution in [1.29, 1.82) is 0 Å². The fourth-order valence-electron chi connectivity index (χ4n) is 3.15. The molecular weight excluding hydrogens is 238 g/mol. The molecule has 0 amide bonds. The van der Waals surface area contributed by atoms with Gasteiger partial charge in [-0.1, -0.05) is 24.3 Å². The molecule has 5 heteroatoms. The molecule has 2 aromatic rings. The minimum atomic E-state index is 0.543. The molecule has 0 spiro atoms. The van der Waals surface area contributed by atoms with Gasteiger partial charge in [-0.2, -0.15) is 4.68 Å². The van der Waals surface area contributed by atoms with E-state index in [4.69, 9.17) is 0 Å². The first kappa shape index (κ1) is 10.7. The third kappa shape index (κ3) is 1.73. The normalized spacial score (nSPS) is 27.9. The molecule has 1 heterocycles. The van der Waals surface area contributed by atoms with Crippen molar-refractivity contribution >= 4 is 5.69 Å². The second-order valence-corrected chi connectivity index (χ2v) is 5.26. The van der Waals surface area contributed by atoms with Gasteiger partial charge >= 0.3 is 0 Å². The van der Waals surface area contributed by atoms with Gasteiger partial charge in [0.1, 0.15) is 6.33 Å². The van der Waals surface area contributed by atoms with Crippen LogP contribution in [0.1, 0.15) is 12.8 Å². The average Bonchev–Trinajstić information content (AvgIpc) is 3.06. The topological polar surface area (TPSA) is 55.6 Å². The quantitative estimate of drug-likeness (QED) is 0.850. The van der Waals surface area contributed by atoms with Crippen molar-refractivity contribution in [1.82, 2.24) is 20.2 Å². The summed E-state index contributed by atoms with van der Waals surface area (Å²) in [4.78, 5) is 0. The third-order valence-electron chi connectivity index (χ3n) is 4.20. The van der Waals surface area contributed by atoms with Crippen LogP contribution in [0.5, 0.6) is 0 Å². The summed E-state index contributed by atoms with van der Waals surface area (Å²) in [5.41, 5.74) is 2.09. The summed E-state index contributed by atoms with van der Waals surface area (Å²) in [5.74, 6) is 1.56. The summed E-state index contributed by atoms with van der Waals surface area (Å²) in [6, 6.07) is 8.70. The predicted octanol–water partition coefficient (Wildman–Crippen LogP) is 2.04. The Morgan fingerprint density at radius 2 is 2.21 bits per heavy atom. The molecule has 0 radical (unpaired) electrons. The van der Waals surface area contributed by atoms with Gasteiger partial charge in [-0.15, -0.1) is 5.10 Å². The Balaban J connectivity index is 1.60. The van der Waals surface area contributed by atoms with Crippen LogP contribution in [0.3, 0.4) is 0 Å². The van der Waals surface area contributed by atoms with Crippen molar-refractivity contribution in [3.8, 4) is 5.69 Å². The van der Waals surface area contributed by atoms with Gasteiger partial charge < -0.3 is 5.32 Å². The molecule has 19 heavy (non-hydrogen) atoms. The van der Waals surface area contributed by atoms with Crippen LogP contribution in [0.2, 0.25) is 0 Å². The van der Waals surface area contributed by atoms with E-state index in [2.05, 4.69) is 39.1 Å². The largest absolute Gasteiger partial charge is 0.380 e. The van der Waals surface area contributed by atoms with Crippen LogP contribution in [-0.2, 0) is 0 Å². The number of hydrogen-bond donors (Lipinski definition) is 1. The molecule has 1 saturated carbocycles. The summed E-state index contributed by atoms with van der Waals surface area (Å²) in [7, 11) is 0. The zero-order valence-electron chi connectivity index (χ0n) is 10.5. The van der Waals surface area contributed by atoms with Gasteiger partial charge in [0, 0.05) is 12.0 Å². The fraction of sp³-hybridized carbons (Fsp3) is 0.357. The van der Waals surface area contributed by atoms with Crippen molar-refractivity contribution in [3.63, 3.8) is 0 Å². The van der Waals surface area contributed by atoms with E-state index in [9.17, 15) is 0 Å². The monoisotopic (exact) mass is 253 g/mol. The highest BCUT2D eigenvalue weighted by atomic mass is 15.5. The molecule has 4 rings (SSSR count). The second kappa shape index (κ2) is 4.19. The van der Waals surface area contributed by atoms with Crippen LogP contribution >= 0.6 is 0 Å². The number of fused-ring (bicyclic) bond motifs is 1. The smallest absolute Gasteiger partial charge is 0.143 e. The van der Waals surface area contributed by atoms with Gasteiger partial charge in [0.05, 0.1) is 11.4 Å². The molecule has 0 saturated heterocycles. The standard InChI is InChI=1S/C14H15N5/c1-2-7-14(19-9-15-17-18-19)12(6-1)16-13-8-10-4-3-5-11(10)13/h1-3,5-7,9-11,13,16H,4,8H2. The number of nitrogens with one attached hydrogen (secondary N) is 1.